The van der Waals surface area contributed by atoms with Crippen LogP contribution >= 0.6 is 0 Å². The smallest absolute Gasteiger partial charge is 0.334 e. The summed E-state index contributed by atoms with van der Waals surface area (Å²) in [5, 5.41) is 0. The summed E-state index contributed by atoms with van der Waals surface area (Å²) in [5.74, 6) is -2.55. The van der Waals surface area contributed by atoms with Crippen molar-refractivity contribution < 1.29 is 28.6 Å². The van der Waals surface area contributed by atoms with E-state index < -0.39 is 47.4 Å². The Kier molecular flexibility index (Phi) is 3.43. The van der Waals surface area contributed by atoms with Gasteiger partial charge in [0, 0.05) is 29.4 Å². The third-order valence-corrected chi connectivity index (χ3v) is 5.02. The second-order valence-corrected chi connectivity index (χ2v) is 6.29. The minimum absolute atomic E-state index is 0.0873. The van der Waals surface area contributed by atoms with Gasteiger partial charge in [-0.15, -0.1) is 6.58 Å². The van der Waals surface area contributed by atoms with Crippen molar-refractivity contribution >= 4 is 17.9 Å². The van der Waals surface area contributed by atoms with Gasteiger partial charge in [0.25, 0.3) is 0 Å². The zero-order valence-electron chi connectivity index (χ0n) is 12.9. The summed E-state index contributed by atoms with van der Waals surface area (Å²) in [5.41, 5.74) is -0.212. The predicted molar refractivity (Wildman–Crippen MR) is 78.9 cm³/mol. The number of esters is 3. The van der Waals surface area contributed by atoms with Crippen molar-refractivity contribution in [2.24, 2.45) is 17.3 Å². The molecule has 122 valence electrons. The number of hydrogen-bond donors (Lipinski definition) is 0. The molecule has 3 fully saturated rings. The van der Waals surface area contributed by atoms with Gasteiger partial charge in [0.2, 0.25) is 0 Å². The van der Waals surface area contributed by atoms with E-state index in [9.17, 15) is 14.4 Å². The Bertz CT molecular complexity index is 647. The highest BCUT2D eigenvalue weighted by Crippen LogP contribution is 2.55. The molecule has 2 heterocycles. The maximum Gasteiger partial charge on any atom is 0.334 e. The topological polar surface area (TPSA) is 78.9 Å². The van der Waals surface area contributed by atoms with E-state index in [0.29, 0.717) is 6.42 Å². The Morgan fingerprint density at radius 3 is 2.61 bits per heavy atom. The van der Waals surface area contributed by atoms with Crippen LogP contribution in [0.15, 0.2) is 37.0 Å². The molecule has 23 heavy (non-hydrogen) atoms. The highest BCUT2D eigenvalue weighted by Gasteiger charge is 2.62. The summed E-state index contributed by atoms with van der Waals surface area (Å²) >= 11 is 0. The van der Waals surface area contributed by atoms with Crippen molar-refractivity contribution in [1.29, 1.82) is 0 Å². The fourth-order valence-corrected chi connectivity index (χ4v) is 3.98. The van der Waals surface area contributed by atoms with Crippen molar-refractivity contribution in [3.63, 3.8) is 0 Å². The van der Waals surface area contributed by atoms with Crippen molar-refractivity contribution in [3.8, 4) is 0 Å². The van der Waals surface area contributed by atoms with Crippen LogP contribution in [0, 0.1) is 17.3 Å². The summed E-state index contributed by atoms with van der Waals surface area (Å²) in [6.07, 6.45) is 0.846. The molecular weight excluding hydrogens is 300 g/mol. The largest absolute Gasteiger partial charge is 0.461 e. The van der Waals surface area contributed by atoms with Crippen molar-refractivity contribution in [3.05, 3.63) is 37.0 Å². The second kappa shape index (κ2) is 5.08. The van der Waals surface area contributed by atoms with Crippen LogP contribution in [0.4, 0.5) is 0 Å². The SMILES string of the molecule is C=C[C@]12COC(=O)C(=C)[C@H]1[C@H](OC(C)=O)[C@H]1C(=C)C(=O)O[C@@H]1C2. The Morgan fingerprint density at radius 2 is 2.00 bits per heavy atom. The summed E-state index contributed by atoms with van der Waals surface area (Å²) in [4.78, 5) is 35.5. The molecule has 2 aliphatic heterocycles. The fraction of sp³-hybridized carbons (Fsp3) is 0.471. The predicted octanol–water partition coefficient (Wildman–Crippen LogP) is 1.32. The normalized spacial score (nSPS) is 39.0. The lowest BCUT2D eigenvalue weighted by Crippen LogP contribution is -2.57. The molecule has 0 aromatic rings. The van der Waals surface area contributed by atoms with Crippen molar-refractivity contribution in [2.45, 2.75) is 25.6 Å². The molecule has 0 amide bonds. The van der Waals surface area contributed by atoms with Crippen LogP contribution in [0.1, 0.15) is 13.3 Å². The van der Waals surface area contributed by atoms with E-state index in [4.69, 9.17) is 14.2 Å². The van der Waals surface area contributed by atoms with Crippen molar-refractivity contribution in [2.75, 3.05) is 6.61 Å². The Labute approximate surface area is 133 Å². The molecule has 5 atom stereocenters. The van der Waals surface area contributed by atoms with Gasteiger partial charge in [0.1, 0.15) is 18.8 Å². The summed E-state index contributed by atoms with van der Waals surface area (Å²) in [6, 6.07) is 0. The summed E-state index contributed by atoms with van der Waals surface area (Å²) in [7, 11) is 0. The van der Waals surface area contributed by atoms with Crippen LogP contribution in [0.25, 0.3) is 0 Å². The maximum absolute atomic E-state index is 12.0. The standard InChI is InChI=1S/C17H18O6/c1-5-17-6-11-12(8(2)16(20)23-11)14(22-10(4)18)13(17)9(3)15(19)21-7-17/h5,11-14H,1-3,6-7H2,4H3/t11-,12+,13+,14-,17+/m1/s1. The second-order valence-electron chi connectivity index (χ2n) is 6.29. The lowest BCUT2D eigenvalue weighted by molar-refractivity contribution is -0.179. The Balaban J connectivity index is 2.11. The van der Waals surface area contributed by atoms with Crippen LogP contribution in [-0.4, -0.2) is 36.7 Å². The third kappa shape index (κ3) is 2.12. The molecule has 0 radical (unpaired) electrons. The summed E-state index contributed by atoms with van der Waals surface area (Å²) < 4.78 is 16.1. The van der Waals surface area contributed by atoms with Gasteiger partial charge in [-0.05, 0) is 6.42 Å². The quantitative estimate of drug-likeness (QED) is 0.331. The van der Waals surface area contributed by atoms with Crippen LogP contribution in [0.3, 0.4) is 0 Å². The van der Waals surface area contributed by atoms with E-state index in [2.05, 4.69) is 19.7 Å². The van der Waals surface area contributed by atoms with Gasteiger partial charge < -0.3 is 14.2 Å². The molecule has 0 bridgehead atoms. The zero-order valence-corrected chi connectivity index (χ0v) is 12.9. The number of carbonyl (C=O) groups is 3. The van der Waals surface area contributed by atoms with E-state index in [0.717, 1.165) is 0 Å². The van der Waals surface area contributed by atoms with Gasteiger partial charge in [-0.2, -0.15) is 0 Å². The highest BCUT2D eigenvalue weighted by molar-refractivity contribution is 5.92. The average Bonchev–Trinajstić information content (AvgIpc) is 2.77. The molecule has 0 spiro atoms. The maximum atomic E-state index is 12.0. The van der Waals surface area contributed by atoms with Gasteiger partial charge in [-0.3, -0.25) is 4.79 Å². The molecule has 6 heteroatoms. The van der Waals surface area contributed by atoms with E-state index in [1.165, 1.54) is 6.92 Å². The highest BCUT2D eigenvalue weighted by atomic mass is 16.6. The van der Waals surface area contributed by atoms with Gasteiger partial charge in [-0.1, -0.05) is 19.2 Å². The molecule has 3 rings (SSSR count). The van der Waals surface area contributed by atoms with E-state index in [1.54, 1.807) is 6.08 Å². The Morgan fingerprint density at radius 1 is 1.30 bits per heavy atom. The molecule has 6 nitrogen and oxygen atoms in total. The average molecular weight is 318 g/mol. The van der Waals surface area contributed by atoms with Crippen LogP contribution in [-0.2, 0) is 28.6 Å². The summed E-state index contributed by atoms with van der Waals surface area (Å²) in [6.45, 7) is 12.8. The van der Waals surface area contributed by atoms with Gasteiger partial charge in [-0.25, -0.2) is 9.59 Å². The molecule has 0 unspecified atom stereocenters. The number of rotatable bonds is 2. The first-order chi connectivity index (χ1) is 10.8. The monoisotopic (exact) mass is 318 g/mol. The molecule has 1 saturated carbocycles. The van der Waals surface area contributed by atoms with E-state index in [1.807, 2.05) is 0 Å². The third-order valence-electron chi connectivity index (χ3n) is 5.02. The van der Waals surface area contributed by atoms with Gasteiger partial charge in [0.15, 0.2) is 0 Å². The molecule has 1 aliphatic carbocycles. The first-order valence-corrected chi connectivity index (χ1v) is 7.37. The minimum atomic E-state index is -0.761. The van der Waals surface area contributed by atoms with E-state index >= 15 is 0 Å². The molecular formula is C17H18O6. The molecule has 2 saturated heterocycles. The molecule has 3 aliphatic rings. The minimum Gasteiger partial charge on any atom is -0.461 e. The Hall–Kier alpha value is -2.37. The van der Waals surface area contributed by atoms with Crippen LogP contribution in [0.2, 0.25) is 0 Å². The lowest BCUT2D eigenvalue weighted by Gasteiger charge is -2.51. The first-order valence-electron chi connectivity index (χ1n) is 7.37. The molecule has 0 aromatic carbocycles. The fourth-order valence-electron chi connectivity index (χ4n) is 3.98. The lowest BCUT2D eigenvalue weighted by atomic mass is 9.57. The van der Waals surface area contributed by atoms with Crippen LogP contribution < -0.4 is 0 Å². The first kappa shape index (κ1) is 15.5. The number of carbonyl (C=O) groups excluding carboxylic acids is 3. The van der Waals surface area contributed by atoms with Crippen molar-refractivity contribution in [1.82, 2.24) is 0 Å². The molecule has 0 aromatic heterocycles. The number of hydrogen-bond acceptors (Lipinski definition) is 6. The zero-order chi connectivity index (χ0) is 16.9. The number of cyclic esters (lactones) is 1. The molecule has 0 N–H and O–H groups in total. The van der Waals surface area contributed by atoms with Gasteiger partial charge in [0.05, 0.1) is 5.92 Å². The van der Waals surface area contributed by atoms with E-state index in [-0.39, 0.29) is 17.8 Å². The number of fused-ring (bicyclic) bond motifs is 2. The van der Waals surface area contributed by atoms with Gasteiger partial charge >= 0.3 is 17.9 Å². The number of ether oxygens (including phenoxy) is 3. The van der Waals surface area contributed by atoms with Crippen LogP contribution in [0.5, 0.6) is 0 Å².